The van der Waals surface area contributed by atoms with Crippen LogP contribution in [0.2, 0.25) is 0 Å². The number of nitrogens with two attached hydrogens (primary N) is 2. The van der Waals surface area contributed by atoms with E-state index >= 15 is 0 Å². The quantitative estimate of drug-likeness (QED) is 0.651. The van der Waals surface area contributed by atoms with Gasteiger partial charge in [-0.25, -0.2) is 0 Å². The van der Waals surface area contributed by atoms with Crippen molar-refractivity contribution in [1.29, 1.82) is 0 Å². The maximum Gasteiger partial charge on any atom is 0.320 e. The molecule has 0 aliphatic carbocycles. The molecule has 0 saturated heterocycles. The first-order chi connectivity index (χ1) is 7.09. The van der Waals surface area contributed by atoms with Gasteiger partial charge < -0.3 is 16.6 Å². The molecule has 15 heavy (non-hydrogen) atoms. The van der Waals surface area contributed by atoms with E-state index in [0.29, 0.717) is 18.5 Å². The van der Waals surface area contributed by atoms with E-state index in [1.165, 1.54) is 0 Å². The summed E-state index contributed by atoms with van der Waals surface area (Å²) >= 11 is 0. The zero-order chi connectivity index (χ0) is 11.3. The second-order valence-electron chi connectivity index (χ2n) is 3.42. The Morgan fingerprint density at radius 2 is 2.27 bits per heavy atom. The first-order valence-electron chi connectivity index (χ1n) is 4.78. The Labute approximate surface area is 88.1 Å². The molecular formula is C10H15N3O2. The van der Waals surface area contributed by atoms with E-state index in [9.17, 15) is 4.79 Å². The standard InChI is InChI=1S/C10H15N3O2/c11-7-4-5-8(13-6-7)2-1-3-9(12)10(14)15/h4-6,9H,1-3,11-12H2,(H,14,15)/t9-/m0/s1. The van der Waals surface area contributed by atoms with E-state index < -0.39 is 12.0 Å². The number of aryl methyl sites for hydroxylation is 1. The lowest BCUT2D eigenvalue weighted by Crippen LogP contribution is -2.29. The summed E-state index contributed by atoms with van der Waals surface area (Å²) in [5, 5.41) is 8.56. The molecule has 0 unspecified atom stereocenters. The lowest BCUT2D eigenvalue weighted by molar-refractivity contribution is -0.138. The van der Waals surface area contributed by atoms with E-state index in [0.717, 1.165) is 12.1 Å². The third-order valence-electron chi connectivity index (χ3n) is 2.11. The van der Waals surface area contributed by atoms with Crippen molar-refractivity contribution in [3.63, 3.8) is 0 Å². The van der Waals surface area contributed by atoms with Gasteiger partial charge >= 0.3 is 5.97 Å². The van der Waals surface area contributed by atoms with Crippen LogP contribution in [0.15, 0.2) is 18.3 Å². The molecule has 0 aromatic carbocycles. The van der Waals surface area contributed by atoms with Crippen molar-refractivity contribution in [3.8, 4) is 0 Å². The fourth-order valence-corrected chi connectivity index (χ4v) is 1.21. The molecule has 5 N–H and O–H groups in total. The second-order valence-corrected chi connectivity index (χ2v) is 3.42. The number of aliphatic carboxylic acids is 1. The number of carboxylic acid groups (broad SMARTS) is 1. The lowest BCUT2D eigenvalue weighted by atomic mass is 10.1. The number of anilines is 1. The number of pyridine rings is 1. The summed E-state index contributed by atoms with van der Waals surface area (Å²) in [7, 11) is 0. The maximum atomic E-state index is 10.4. The third kappa shape index (κ3) is 3.95. The van der Waals surface area contributed by atoms with Gasteiger partial charge in [-0.3, -0.25) is 9.78 Å². The zero-order valence-corrected chi connectivity index (χ0v) is 8.39. The maximum absolute atomic E-state index is 10.4. The molecule has 1 aromatic heterocycles. The number of rotatable bonds is 5. The van der Waals surface area contributed by atoms with Crippen molar-refractivity contribution < 1.29 is 9.90 Å². The SMILES string of the molecule is Nc1ccc(CCC[C@H](N)C(=O)O)nc1. The minimum absolute atomic E-state index is 0.460. The van der Waals surface area contributed by atoms with Crippen LogP contribution in [0.3, 0.4) is 0 Å². The monoisotopic (exact) mass is 209 g/mol. The highest BCUT2D eigenvalue weighted by Crippen LogP contribution is 2.06. The van der Waals surface area contributed by atoms with Gasteiger partial charge in [-0.1, -0.05) is 0 Å². The molecule has 0 saturated carbocycles. The number of nitrogen functional groups attached to an aromatic ring is 1. The largest absolute Gasteiger partial charge is 0.480 e. The minimum atomic E-state index is -0.958. The summed E-state index contributed by atoms with van der Waals surface area (Å²) in [5.41, 5.74) is 12.4. The average Bonchev–Trinajstić information content (AvgIpc) is 2.20. The molecule has 1 rings (SSSR count). The van der Waals surface area contributed by atoms with Gasteiger partial charge in [-0.05, 0) is 31.4 Å². The molecule has 0 amide bonds. The van der Waals surface area contributed by atoms with Crippen molar-refractivity contribution >= 4 is 11.7 Å². The van der Waals surface area contributed by atoms with Gasteiger partial charge in [0.15, 0.2) is 0 Å². The van der Waals surface area contributed by atoms with Gasteiger partial charge in [0.1, 0.15) is 6.04 Å². The molecule has 0 aliphatic heterocycles. The molecule has 1 atom stereocenters. The van der Waals surface area contributed by atoms with Crippen molar-refractivity contribution in [2.75, 3.05) is 5.73 Å². The van der Waals surface area contributed by atoms with Gasteiger partial charge in [0.05, 0.1) is 11.9 Å². The topological polar surface area (TPSA) is 102 Å². The Morgan fingerprint density at radius 1 is 1.53 bits per heavy atom. The van der Waals surface area contributed by atoms with Crippen LogP contribution in [-0.2, 0) is 11.2 Å². The molecule has 5 heteroatoms. The first-order valence-corrected chi connectivity index (χ1v) is 4.78. The molecule has 0 aliphatic rings. The highest BCUT2D eigenvalue weighted by atomic mass is 16.4. The normalized spacial score (nSPS) is 12.3. The van der Waals surface area contributed by atoms with E-state index in [1.807, 2.05) is 6.07 Å². The van der Waals surface area contributed by atoms with E-state index in [2.05, 4.69) is 4.98 Å². The number of carboxylic acids is 1. The molecule has 0 spiro atoms. The number of hydrogen-bond acceptors (Lipinski definition) is 4. The Morgan fingerprint density at radius 3 is 2.80 bits per heavy atom. The third-order valence-corrected chi connectivity index (χ3v) is 2.11. The second kappa shape index (κ2) is 5.31. The number of carbonyl (C=O) groups is 1. The van der Waals surface area contributed by atoms with Crippen LogP contribution in [0.1, 0.15) is 18.5 Å². The minimum Gasteiger partial charge on any atom is -0.480 e. The van der Waals surface area contributed by atoms with Gasteiger partial charge in [-0.2, -0.15) is 0 Å². The van der Waals surface area contributed by atoms with Crippen LogP contribution < -0.4 is 11.5 Å². The highest BCUT2D eigenvalue weighted by Gasteiger charge is 2.10. The molecule has 0 radical (unpaired) electrons. The van der Waals surface area contributed by atoms with Crippen molar-refractivity contribution in [2.24, 2.45) is 5.73 Å². The number of nitrogens with zero attached hydrogens (tertiary/aromatic N) is 1. The zero-order valence-electron chi connectivity index (χ0n) is 8.39. The number of hydrogen-bond donors (Lipinski definition) is 3. The molecule has 0 fully saturated rings. The fraction of sp³-hybridized carbons (Fsp3) is 0.400. The smallest absolute Gasteiger partial charge is 0.320 e. The van der Waals surface area contributed by atoms with Crippen LogP contribution in [0.5, 0.6) is 0 Å². The van der Waals surface area contributed by atoms with Gasteiger partial charge in [-0.15, -0.1) is 0 Å². The lowest BCUT2D eigenvalue weighted by Gasteiger charge is -2.05. The Balaban J connectivity index is 2.32. The summed E-state index contributed by atoms with van der Waals surface area (Å²) < 4.78 is 0. The summed E-state index contributed by atoms with van der Waals surface area (Å²) in [6, 6.07) is 2.83. The van der Waals surface area contributed by atoms with Crippen molar-refractivity contribution in [2.45, 2.75) is 25.3 Å². The van der Waals surface area contributed by atoms with E-state index in [4.69, 9.17) is 16.6 Å². The molecule has 1 aromatic rings. The fourth-order valence-electron chi connectivity index (χ4n) is 1.21. The summed E-state index contributed by atoms with van der Waals surface area (Å²) in [5.74, 6) is -0.958. The Bertz CT molecular complexity index is 324. The van der Waals surface area contributed by atoms with E-state index in [1.54, 1.807) is 12.3 Å². The summed E-state index contributed by atoms with van der Waals surface area (Å²) in [6.07, 6.45) is 3.49. The van der Waals surface area contributed by atoms with E-state index in [-0.39, 0.29) is 0 Å². The Kier molecular flexibility index (Phi) is 4.05. The van der Waals surface area contributed by atoms with Crippen LogP contribution >= 0.6 is 0 Å². The highest BCUT2D eigenvalue weighted by molar-refractivity contribution is 5.72. The van der Waals surface area contributed by atoms with Crippen LogP contribution in [-0.4, -0.2) is 22.1 Å². The van der Waals surface area contributed by atoms with Crippen LogP contribution in [0.25, 0.3) is 0 Å². The molecular weight excluding hydrogens is 194 g/mol. The molecule has 82 valence electrons. The molecule has 5 nitrogen and oxygen atoms in total. The van der Waals surface area contributed by atoms with Gasteiger partial charge in [0.2, 0.25) is 0 Å². The van der Waals surface area contributed by atoms with Crippen molar-refractivity contribution in [3.05, 3.63) is 24.0 Å². The first kappa shape index (κ1) is 11.5. The van der Waals surface area contributed by atoms with Crippen molar-refractivity contribution in [1.82, 2.24) is 4.98 Å². The number of aromatic nitrogens is 1. The predicted octanol–water partition coefficient (Wildman–Crippen LogP) is 0.398. The molecule has 1 heterocycles. The molecule has 0 bridgehead atoms. The summed E-state index contributed by atoms with van der Waals surface area (Å²) in [4.78, 5) is 14.5. The average molecular weight is 209 g/mol. The van der Waals surface area contributed by atoms with Gasteiger partial charge in [0.25, 0.3) is 0 Å². The Hall–Kier alpha value is -1.62. The predicted molar refractivity (Wildman–Crippen MR) is 57.2 cm³/mol. The summed E-state index contributed by atoms with van der Waals surface area (Å²) in [6.45, 7) is 0. The van der Waals surface area contributed by atoms with Crippen LogP contribution in [0, 0.1) is 0 Å². The van der Waals surface area contributed by atoms with Gasteiger partial charge in [0, 0.05) is 5.69 Å². The van der Waals surface area contributed by atoms with Crippen LogP contribution in [0.4, 0.5) is 5.69 Å².